The van der Waals surface area contributed by atoms with Crippen molar-refractivity contribution in [2.45, 2.75) is 19.3 Å². The molecular weight excluding hydrogens is 360 g/mol. The topological polar surface area (TPSA) is 101 Å². The van der Waals surface area contributed by atoms with Crippen LogP contribution in [-0.2, 0) is 16.0 Å². The van der Waals surface area contributed by atoms with Crippen molar-refractivity contribution in [3.05, 3.63) is 69.8 Å². The maximum atomic E-state index is 12.0. The molecule has 2 aromatic carbocycles. The van der Waals surface area contributed by atoms with Gasteiger partial charge in [-0.3, -0.25) is 19.7 Å². The first kappa shape index (κ1) is 20.8. The van der Waals surface area contributed by atoms with Crippen LogP contribution in [-0.4, -0.2) is 35.7 Å². The molecule has 0 radical (unpaired) electrons. The molecule has 0 spiro atoms. The molecule has 0 saturated carbocycles. The third kappa shape index (κ3) is 6.05. The molecule has 0 aliphatic rings. The third-order valence-electron chi connectivity index (χ3n) is 4.18. The van der Waals surface area contributed by atoms with E-state index in [1.165, 1.54) is 18.2 Å². The Morgan fingerprint density at radius 1 is 1.14 bits per heavy atom. The molecule has 0 aliphatic heterocycles. The number of hydrogen-bond acceptors (Lipinski definition) is 6. The van der Waals surface area contributed by atoms with Gasteiger partial charge < -0.3 is 10.0 Å². The summed E-state index contributed by atoms with van der Waals surface area (Å²) in [5.74, 6) is -0.454. The number of Topliss-reactive ketones (excluding diaryl/α,β-unsaturated/α-hetero) is 1. The highest BCUT2D eigenvalue weighted by atomic mass is 16.6. The van der Waals surface area contributed by atoms with Crippen molar-refractivity contribution in [2.24, 2.45) is 0 Å². The van der Waals surface area contributed by atoms with Gasteiger partial charge in [-0.25, -0.2) is 0 Å². The van der Waals surface area contributed by atoms with Crippen molar-refractivity contribution in [3.8, 4) is 5.75 Å². The van der Waals surface area contributed by atoms with Gasteiger partial charge in [0.15, 0.2) is 5.78 Å². The average Bonchev–Trinajstić information content (AvgIpc) is 2.65. The second-order valence-corrected chi connectivity index (χ2v) is 6.58. The van der Waals surface area contributed by atoms with Gasteiger partial charge in [0, 0.05) is 32.3 Å². The molecule has 0 amide bonds. The van der Waals surface area contributed by atoms with Gasteiger partial charge in [0.2, 0.25) is 0 Å². The predicted molar refractivity (Wildman–Crippen MR) is 108 cm³/mol. The van der Waals surface area contributed by atoms with E-state index in [1.807, 2.05) is 0 Å². The lowest BCUT2D eigenvalue weighted by Crippen LogP contribution is -2.09. The molecule has 0 fully saturated rings. The number of benzene rings is 2. The van der Waals surface area contributed by atoms with Crippen molar-refractivity contribution in [3.63, 3.8) is 0 Å². The summed E-state index contributed by atoms with van der Waals surface area (Å²) >= 11 is 0. The molecule has 0 bridgehead atoms. The smallest absolute Gasteiger partial charge is 0.278 e. The number of aryl methyl sites for hydroxylation is 1. The standard InChI is InChI=1S/C21H22N2O5/c1-22(2)17-8-6-16(21(13-17)23(27)28)7-12-20(26)14-19(25)11-5-15-3-9-18(24)10-4-15/h3-4,6-10,12-13,24H,5,11,14H2,1-2H3. The van der Waals surface area contributed by atoms with E-state index in [9.17, 15) is 24.8 Å². The minimum Gasteiger partial charge on any atom is -0.508 e. The molecule has 2 aromatic rings. The summed E-state index contributed by atoms with van der Waals surface area (Å²) in [7, 11) is 3.56. The normalized spacial score (nSPS) is 10.8. The molecule has 0 heterocycles. The monoisotopic (exact) mass is 382 g/mol. The first-order valence-corrected chi connectivity index (χ1v) is 8.72. The highest BCUT2D eigenvalue weighted by Gasteiger charge is 2.14. The van der Waals surface area contributed by atoms with Crippen LogP contribution in [0.1, 0.15) is 24.0 Å². The van der Waals surface area contributed by atoms with Crippen molar-refractivity contribution in [2.75, 3.05) is 19.0 Å². The Bertz CT molecular complexity index is 902. The van der Waals surface area contributed by atoms with Gasteiger partial charge in [0.25, 0.3) is 5.69 Å². The molecule has 7 nitrogen and oxygen atoms in total. The summed E-state index contributed by atoms with van der Waals surface area (Å²) in [6, 6.07) is 11.3. The number of phenolic OH excluding ortho intramolecular Hbond substituents is 1. The third-order valence-corrected chi connectivity index (χ3v) is 4.18. The minimum absolute atomic E-state index is 0.103. The Morgan fingerprint density at radius 2 is 1.82 bits per heavy atom. The molecule has 0 unspecified atom stereocenters. The lowest BCUT2D eigenvalue weighted by atomic mass is 10.0. The Labute approximate surface area is 163 Å². The lowest BCUT2D eigenvalue weighted by Gasteiger charge is -2.12. The highest BCUT2D eigenvalue weighted by molar-refractivity contribution is 6.06. The summed E-state index contributed by atoms with van der Waals surface area (Å²) < 4.78 is 0. The molecule has 1 N–H and O–H groups in total. The fourth-order valence-electron chi connectivity index (χ4n) is 2.58. The van der Waals surface area contributed by atoms with Gasteiger partial charge in [0.05, 0.1) is 16.9 Å². The summed E-state index contributed by atoms with van der Waals surface area (Å²) in [6.45, 7) is 0. The van der Waals surface area contributed by atoms with Crippen LogP contribution in [0.4, 0.5) is 11.4 Å². The molecule has 0 aromatic heterocycles. The highest BCUT2D eigenvalue weighted by Crippen LogP contribution is 2.25. The molecule has 7 heteroatoms. The average molecular weight is 382 g/mol. The molecule has 0 saturated heterocycles. The number of rotatable bonds is 9. The lowest BCUT2D eigenvalue weighted by molar-refractivity contribution is -0.385. The quantitative estimate of drug-likeness (QED) is 0.308. The Hall–Kier alpha value is -3.48. The first-order chi connectivity index (χ1) is 13.3. The molecule has 146 valence electrons. The molecular formula is C21H22N2O5. The van der Waals surface area contributed by atoms with Crippen molar-refractivity contribution >= 4 is 29.0 Å². The van der Waals surface area contributed by atoms with Gasteiger partial charge in [-0.2, -0.15) is 0 Å². The van der Waals surface area contributed by atoms with Gasteiger partial charge in [-0.1, -0.05) is 12.1 Å². The van der Waals surface area contributed by atoms with Crippen LogP contribution in [0.5, 0.6) is 5.75 Å². The number of hydrogen-bond donors (Lipinski definition) is 1. The number of carbonyl (C=O) groups is 2. The van der Waals surface area contributed by atoms with Gasteiger partial charge in [-0.15, -0.1) is 0 Å². The maximum Gasteiger partial charge on any atom is 0.278 e. The van der Waals surface area contributed by atoms with Crippen LogP contribution in [0.15, 0.2) is 48.5 Å². The number of phenols is 1. The zero-order valence-corrected chi connectivity index (χ0v) is 15.8. The van der Waals surface area contributed by atoms with Crippen molar-refractivity contribution in [1.29, 1.82) is 0 Å². The fraction of sp³-hybridized carbons (Fsp3) is 0.238. The molecule has 0 atom stereocenters. The summed E-state index contributed by atoms with van der Waals surface area (Å²) in [6.07, 6.45) is 3.01. The molecule has 2 rings (SSSR count). The molecule has 28 heavy (non-hydrogen) atoms. The summed E-state index contributed by atoms with van der Waals surface area (Å²) in [5, 5.41) is 20.5. The van der Waals surface area contributed by atoms with E-state index in [0.29, 0.717) is 17.7 Å². The number of aromatic hydroxyl groups is 1. The van der Waals surface area contributed by atoms with Gasteiger partial charge in [-0.05, 0) is 48.4 Å². The van der Waals surface area contributed by atoms with Crippen LogP contribution in [0.25, 0.3) is 6.08 Å². The van der Waals surface area contributed by atoms with E-state index >= 15 is 0 Å². The Balaban J connectivity index is 1.96. The fourth-order valence-corrected chi connectivity index (χ4v) is 2.58. The zero-order valence-electron chi connectivity index (χ0n) is 15.8. The van der Waals surface area contributed by atoms with Crippen LogP contribution in [0.3, 0.4) is 0 Å². The van der Waals surface area contributed by atoms with Gasteiger partial charge >= 0.3 is 0 Å². The number of nitrogens with zero attached hydrogens (tertiary/aromatic N) is 2. The Morgan fingerprint density at radius 3 is 2.43 bits per heavy atom. The molecule has 0 aliphatic carbocycles. The second-order valence-electron chi connectivity index (χ2n) is 6.58. The first-order valence-electron chi connectivity index (χ1n) is 8.72. The minimum atomic E-state index is -0.500. The predicted octanol–water partition coefficient (Wildman–Crippen LogP) is 3.54. The van der Waals surface area contributed by atoms with E-state index in [0.717, 1.165) is 5.56 Å². The van der Waals surface area contributed by atoms with E-state index < -0.39 is 10.7 Å². The van der Waals surface area contributed by atoms with Gasteiger partial charge in [0.1, 0.15) is 11.5 Å². The summed E-state index contributed by atoms with van der Waals surface area (Å²) in [5.41, 5.74) is 1.78. The largest absolute Gasteiger partial charge is 0.508 e. The second kappa shape index (κ2) is 9.45. The summed E-state index contributed by atoms with van der Waals surface area (Å²) in [4.78, 5) is 36.5. The van der Waals surface area contributed by atoms with Crippen molar-refractivity contribution < 1.29 is 19.6 Å². The number of carbonyl (C=O) groups excluding carboxylic acids is 2. The van der Waals surface area contributed by atoms with E-state index in [-0.39, 0.29) is 30.1 Å². The maximum absolute atomic E-state index is 12.0. The van der Waals surface area contributed by atoms with E-state index in [2.05, 4.69) is 0 Å². The van der Waals surface area contributed by atoms with Crippen molar-refractivity contribution in [1.82, 2.24) is 0 Å². The zero-order chi connectivity index (χ0) is 20.7. The van der Waals surface area contributed by atoms with Crippen LogP contribution in [0, 0.1) is 10.1 Å². The van der Waals surface area contributed by atoms with E-state index in [4.69, 9.17) is 0 Å². The number of nitro groups is 1. The van der Waals surface area contributed by atoms with Crippen LogP contribution >= 0.6 is 0 Å². The van der Waals surface area contributed by atoms with Crippen LogP contribution in [0.2, 0.25) is 0 Å². The van der Waals surface area contributed by atoms with Crippen LogP contribution < -0.4 is 4.90 Å². The number of allylic oxidation sites excluding steroid dienone is 1. The number of nitro benzene ring substituents is 1. The number of ketones is 2. The van der Waals surface area contributed by atoms with E-state index in [1.54, 1.807) is 55.4 Å². The number of anilines is 1. The SMILES string of the molecule is CN(C)c1ccc(C=CC(=O)CC(=O)CCc2ccc(O)cc2)c([N+](=O)[O-])c1. The Kier molecular flexibility index (Phi) is 7.03.